The molecule has 0 saturated carbocycles. The van der Waals surface area contributed by atoms with Crippen molar-refractivity contribution in [3.63, 3.8) is 0 Å². The van der Waals surface area contributed by atoms with E-state index in [0.29, 0.717) is 0 Å². The molecule has 0 spiro atoms. The number of nitrogens with one attached hydrogen (secondary N) is 1. The third-order valence-corrected chi connectivity index (χ3v) is 3.45. The number of hydrogen-bond acceptors (Lipinski definition) is 1. The fourth-order valence-electron chi connectivity index (χ4n) is 2.57. The van der Waals surface area contributed by atoms with Crippen LogP contribution >= 0.6 is 0 Å². The number of fused-ring (bicyclic) bond motifs is 1. The minimum atomic E-state index is 0.139. The fraction of sp³-hybridized carbons (Fsp3) is 0.562. The molecule has 0 fully saturated rings. The number of rotatable bonds is 0. The van der Waals surface area contributed by atoms with E-state index in [0.717, 1.165) is 5.65 Å². The zero-order valence-corrected chi connectivity index (χ0v) is 12.6. The molecular weight excluding hydrogens is 220 g/mol. The molecule has 0 aliphatic rings. The summed E-state index contributed by atoms with van der Waals surface area (Å²) in [6.07, 6.45) is 1.99. The van der Waals surface area contributed by atoms with E-state index in [9.17, 15) is 0 Å². The molecule has 2 aromatic heterocycles. The molecule has 0 unspecified atom stereocenters. The summed E-state index contributed by atoms with van der Waals surface area (Å²) in [5.41, 5.74) is 5.19. The average Bonchev–Trinajstić information content (AvgIpc) is 2.49. The van der Waals surface area contributed by atoms with Crippen LogP contribution in [0.15, 0.2) is 12.3 Å². The average molecular weight is 244 g/mol. The zero-order valence-electron chi connectivity index (χ0n) is 12.6. The van der Waals surface area contributed by atoms with E-state index in [1.54, 1.807) is 0 Å². The Morgan fingerprint density at radius 1 is 1.00 bits per heavy atom. The Morgan fingerprint density at radius 3 is 2.11 bits per heavy atom. The molecule has 1 N–H and O–H groups in total. The summed E-state index contributed by atoms with van der Waals surface area (Å²) in [4.78, 5) is 7.99. The van der Waals surface area contributed by atoms with Gasteiger partial charge in [0.05, 0.1) is 0 Å². The van der Waals surface area contributed by atoms with E-state index < -0.39 is 0 Å². The van der Waals surface area contributed by atoms with Crippen LogP contribution in [0.4, 0.5) is 0 Å². The highest BCUT2D eigenvalue weighted by atomic mass is 14.9. The molecule has 2 heterocycles. The smallest absolute Gasteiger partial charge is 0.137 e. The lowest BCUT2D eigenvalue weighted by Gasteiger charge is -2.21. The summed E-state index contributed by atoms with van der Waals surface area (Å²) in [6.45, 7) is 15.6. The maximum absolute atomic E-state index is 4.59. The fourth-order valence-corrected chi connectivity index (χ4v) is 2.57. The number of H-pyrrole nitrogens is 1. The third-order valence-electron chi connectivity index (χ3n) is 3.45. The number of pyridine rings is 1. The minimum Gasteiger partial charge on any atom is -0.343 e. The normalized spacial score (nSPS) is 13.3. The lowest BCUT2D eigenvalue weighted by atomic mass is 9.83. The van der Waals surface area contributed by atoms with Crippen LogP contribution in [0.5, 0.6) is 0 Å². The van der Waals surface area contributed by atoms with Gasteiger partial charge in [-0.15, -0.1) is 0 Å². The quantitative estimate of drug-likeness (QED) is 0.728. The van der Waals surface area contributed by atoms with Crippen molar-refractivity contribution in [2.75, 3.05) is 0 Å². The predicted octanol–water partition coefficient (Wildman–Crippen LogP) is 4.47. The summed E-state index contributed by atoms with van der Waals surface area (Å²) in [5, 5.41) is 1.27. The Morgan fingerprint density at radius 2 is 1.61 bits per heavy atom. The first kappa shape index (κ1) is 13.1. The van der Waals surface area contributed by atoms with Crippen molar-refractivity contribution in [3.8, 4) is 0 Å². The van der Waals surface area contributed by atoms with Crippen molar-refractivity contribution in [2.24, 2.45) is 0 Å². The van der Waals surface area contributed by atoms with Gasteiger partial charge in [-0.1, -0.05) is 41.5 Å². The Kier molecular flexibility index (Phi) is 2.80. The number of aromatic nitrogens is 2. The second-order valence-corrected chi connectivity index (χ2v) is 7.25. The first-order chi connectivity index (χ1) is 8.10. The zero-order chi connectivity index (χ0) is 13.7. The highest BCUT2D eigenvalue weighted by molar-refractivity contribution is 5.83. The number of aromatic amines is 1. The minimum absolute atomic E-state index is 0.139. The molecule has 2 aromatic rings. The van der Waals surface area contributed by atoms with Gasteiger partial charge in [-0.05, 0) is 34.9 Å². The van der Waals surface area contributed by atoms with Gasteiger partial charge >= 0.3 is 0 Å². The molecule has 0 aromatic carbocycles. The van der Waals surface area contributed by atoms with Crippen LogP contribution in [0.2, 0.25) is 0 Å². The molecule has 0 bridgehead atoms. The summed E-state index contributed by atoms with van der Waals surface area (Å²) in [6, 6.07) is 2.30. The van der Waals surface area contributed by atoms with Crippen LogP contribution < -0.4 is 0 Å². The van der Waals surface area contributed by atoms with Gasteiger partial charge in [0.25, 0.3) is 0 Å². The van der Waals surface area contributed by atoms with E-state index in [1.165, 1.54) is 22.2 Å². The molecule has 2 rings (SSSR count). The highest BCUT2D eigenvalue weighted by Gasteiger charge is 2.23. The Labute approximate surface area is 110 Å². The third kappa shape index (κ3) is 2.16. The van der Waals surface area contributed by atoms with Crippen LogP contribution in [0.25, 0.3) is 11.0 Å². The van der Waals surface area contributed by atoms with Crippen LogP contribution in [-0.2, 0) is 10.8 Å². The van der Waals surface area contributed by atoms with Crippen LogP contribution in [0.3, 0.4) is 0 Å². The van der Waals surface area contributed by atoms with Crippen LogP contribution in [0, 0.1) is 6.92 Å². The molecule has 2 nitrogen and oxygen atoms in total. The van der Waals surface area contributed by atoms with Crippen molar-refractivity contribution >= 4 is 11.0 Å². The topological polar surface area (TPSA) is 28.7 Å². The van der Waals surface area contributed by atoms with Gasteiger partial charge in [0, 0.05) is 17.3 Å². The molecular formula is C16H24N2. The monoisotopic (exact) mass is 244 g/mol. The van der Waals surface area contributed by atoms with Crippen molar-refractivity contribution < 1.29 is 0 Å². The SMILES string of the molecule is Cc1[nH]c2ncc(C(C)(C)C)cc2c1C(C)(C)C. The van der Waals surface area contributed by atoms with Gasteiger partial charge in [0.1, 0.15) is 5.65 Å². The van der Waals surface area contributed by atoms with E-state index in [-0.39, 0.29) is 10.8 Å². The lowest BCUT2D eigenvalue weighted by Crippen LogP contribution is -2.14. The predicted molar refractivity (Wildman–Crippen MR) is 78.2 cm³/mol. The molecule has 2 heteroatoms. The lowest BCUT2D eigenvalue weighted by molar-refractivity contribution is 0.584. The van der Waals surface area contributed by atoms with E-state index in [1.807, 2.05) is 6.20 Å². The van der Waals surface area contributed by atoms with Gasteiger partial charge in [-0.25, -0.2) is 4.98 Å². The second-order valence-electron chi connectivity index (χ2n) is 7.25. The molecule has 0 amide bonds. The molecule has 0 aliphatic heterocycles. The summed E-state index contributed by atoms with van der Waals surface area (Å²) in [5.74, 6) is 0. The number of hydrogen-bond donors (Lipinski definition) is 1. The number of aryl methyl sites for hydroxylation is 1. The molecule has 0 saturated heterocycles. The van der Waals surface area contributed by atoms with E-state index in [4.69, 9.17) is 0 Å². The molecule has 18 heavy (non-hydrogen) atoms. The second kappa shape index (κ2) is 3.84. The van der Waals surface area contributed by atoms with Gasteiger partial charge in [0.2, 0.25) is 0 Å². The first-order valence-electron chi connectivity index (χ1n) is 6.60. The van der Waals surface area contributed by atoms with Crippen molar-refractivity contribution in [1.29, 1.82) is 0 Å². The molecule has 0 aliphatic carbocycles. The van der Waals surface area contributed by atoms with Crippen molar-refractivity contribution in [2.45, 2.75) is 59.3 Å². The maximum atomic E-state index is 4.59. The summed E-state index contributed by atoms with van der Waals surface area (Å²) in [7, 11) is 0. The standard InChI is InChI=1S/C16H24N2/c1-10-13(16(5,6)7)12-8-11(15(2,3)4)9-17-14(12)18-10/h8-9H,1-7H3,(H,17,18). The van der Waals surface area contributed by atoms with E-state index in [2.05, 4.69) is 64.5 Å². The van der Waals surface area contributed by atoms with Gasteiger partial charge < -0.3 is 4.98 Å². The van der Waals surface area contributed by atoms with Gasteiger partial charge in [-0.3, -0.25) is 0 Å². The van der Waals surface area contributed by atoms with Crippen LogP contribution in [0.1, 0.15) is 58.4 Å². The number of nitrogens with zero attached hydrogens (tertiary/aromatic N) is 1. The van der Waals surface area contributed by atoms with Crippen LogP contribution in [-0.4, -0.2) is 9.97 Å². The largest absolute Gasteiger partial charge is 0.343 e. The molecule has 0 atom stereocenters. The first-order valence-corrected chi connectivity index (χ1v) is 6.60. The molecule has 0 radical (unpaired) electrons. The van der Waals surface area contributed by atoms with Crippen molar-refractivity contribution in [1.82, 2.24) is 9.97 Å². The molecule has 98 valence electrons. The Hall–Kier alpha value is -1.31. The maximum Gasteiger partial charge on any atom is 0.137 e. The summed E-state index contributed by atoms with van der Waals surface area (Å²) >= 11 is 0. The van der Waals surface area contributed by atoms with Gasteiger partial charge in [-0.2, -0.15) is 0 Å². The van der Waals surface area contributed by atoms with Gasteiger partial charge in [0.15, 0.2) is 0 Å². The highest BCUT2D eigenvalue weighted by Crippen LogP contribution is 2.34. The van der Waals surface area contributed by atoms with Crippen molar-refractivity contribution in [3.05, 3.63) is 29.1 Å². The van der Waals surface area contributed by atoms with E-state index >= 15 is 0 Å². The summed E-state index contributed by atoms with van der Waals surface area (Å²) < 4.78 is 0. The Balaban J connectivity index is 2.76. The Bertz CT molecular complexity index is 577.